The van der Waals surface area contributed by atoms with E-state index < -0.39 is 5.41 Å². The van der Waals surface area contributed by atoms with Crippen LogP contribution in [0, 0.1) is 11.3 Å². The summed E-state index contributed by atoms with van der Waals surface area (Å²) in [5.41, 5.74) is 1.27. The Balaban J connectivity index is 2.04. The molecule has 6 nitrogen and oxygen atoms in total. The number of rotatable bonds is 5. The fraction of sp³-hybridized carbons (Fsp3) is 0.333. The molecule has 0 aliphatic heterocycles. The van der Waals surface area contributed by atoms with Crippen LogP contribution in [0.3, 0.4) is 0 Å². The molecular weight excluding hydrogens is 374 g/mol. The number of anilines is 1. The molecule has 1 N–H and O–H groups in total. The van der Waals surface area contributed by atoms with Crippen molar-refractivity contribution in [3.05, 3.63) is 62.8 Å². The first-order valence-electron chi connectivity index (χ1n) is 9.04. The topological polar surface area (TPSA) is 85.7 Å². The maximum atomic E-state index is 12.2. The van der Waals surface area contributed by atoms with E-state index in [2.05, 4.69) is 21.0 Å². The third kappa shape index (κ3) is 3.85. The fourth-order valence-corrected chi connectivity index (χ4v) is 3.33. The molecule has 0 spiro atoms. The molecule has 0 saturated heterocycles. The van der Waals surface area contributed by atoms with E-state index in [1.165, 1.54) is 0 Å². The van der Waals surface area contributed by atoms with Gasteiger partial charge in [0.05, 0.1) is 11.5 Å². The molecule has 0 amide bonds. The second-order valence-corrected chi connectivity index (χ2v) is 7.65. The Kier molecular flexibility index (Phi) is 5.39. The van der Waals surface area contributed by atoms with Crippen LogP contribution in [0.2, 0.25) is 5.15 Å². The number of nitrogens with zero attached hydrogens (tertiary/aromatic N) is 4. The summed E-state index contributed by atoms with van der Waals surface area (Å²) in [7, 11) is 3.74. The van der Waals surface area contributed by atoms with E-state index in [4.69, 9.17) is 11.6 Å². The van der Waals surface area contributed by atoms with Gasteiger partial charge < -0.3 is 9.88 Å². The molecular formula is C21H22ClN5O. The molecule has 2 heterocycles. The predicted molar refractivity (Wildman–Crippen MR) is 112 cm³/mol. The molecule has 7 heteroatoms. The zero-order chi connectivity index (χ0) is 20.5. The van der Waals surface area contributed by atoms with Crippen LogP contribution in [0.15, 0.2) is 35.1 Å². The van der Waals surface area contributed by atoms with Gasteiger partial charge in [0, 0.05) is 37.7 Å². The number of halogens is 1. The minimum atomic E-state index is -0.872. The van der Waals surface area contributed by atoms with Gasteiger partial charge in [-0.3, -0.25) is 4.79 Å². The van der Waals surface area contributed by atoms with Gasteiger partial charge in [0.1, 0.15) is 16.8 Å². The monoisotopic (exact) mass is 395 g/mol. The molecule has 1 atom stereocenters. The number of fused-ring (bicyclic) bond motifs is 1. The van der Waals surface area contributed by atoms with Crippen molar-refractivity contribution in [2.45, 2.75) is 32.1 Å². The van der Waals surface area contributed by atoms with Gasteiger partial charge in [-0.15, -0.1) is 0 Å². The lowest BCUT2D eigenvalue weighted by Gasteiger charge is -2.22. The van der Waals surface area contributed by atoms with Crippen LogP contribution in [0.5, 0.6) is 0 Å². The van der Waals surface area contributed by atoms with Crippen LogP contribution >= 0.6 is 11.6 Å². The van der Waals surface area contributed by atoms with E-state index in [1.807, 2.05) is 57.1 Å². The molecule has 1 aromatic carbocycles. The normalized spacial score (nSPS) is 13.1. The van der Waals surface area contributed by atoms with Crippen molar-refractivity contribution in [3.63, 3.8) is 0 Å². The van der Waals surface area contributed by atoms with Crippen molar-refractivity contribution in [1.82, 2.24) is 15.0 Å². The smallest absolute Gasteiger partial charge is 0.251 e. The number of aryl methyl sites for hydroxylation is 1. The number of hydrogen-bond acceptors (Lipinski definition) is 5. The van der Waals surface area contributed by atoms with Gasteiger partial charge in [0.15, 0.2) is 0 Å². The Labute approximate surface area is 168 Å². The van der Waals surface area contributed by atoms with E-state index in [0.717, 1.165) is 16.5 Å². The summed E-state index contributed by atoms with van der Waals surface area (Å²) in [6.07, 6.45) is 0.969. The van der Waals surface area contributed by atoms with E-state index in [0.29, 0.717) is 35.2 Å². The largest absolute Gasteiger partial charge is 0.363 e. The molecule has 3 aromatic rings. The maximum absolute atomic E-state index is 12.2. The summed E-state index contributed by atoms with van der Waals surface area (Å²) in [6, 6.07) is 11.7. The lowest BCUT2D eigenvalue weighted by molar-refractivity contribution is 0.584. The number of aromatic amines is 1. The predicted octanol–water partition coefficient (Wildman–Crippen LogP) is 3.62. The molecule has 3 rings (SSSR count). The number of H-pyrrole nitrogens is 1. The first-order valence-corrected chi connectivity index (χ1v) is 9.42. The lowest BCUT2D eigenvalue weighted by Crippen LogP contribution is -2.25. The molecule has 0 bridgehead atoms. The highest BCUT2D eigenvalue weighted by atomic mass is 35.5. The summed E-state index contributed by atoms with van der Waals surface area (Å²) < 4.78 is 0. The van der Waals surface area contributed by atoms with Gasteiger partial charge in [0.2, 0.25) is 0 Å². The standard InChI is InChI=1S/C21H22ClN5O/c1-5-13-8-14-6-7-15(9-16(14)24-20(13)28)21(2,12-23)11-18-25-17(22)10-19(26-18)27(3)4/h6-10H,5,11H2,1-4H3,(H,24,28). The highest BCUT2D eigenvalue weighted by Crippen LogP contribution is 2.29. The Morgan fingerprint density at radius 2 is 2.00 bits per heavy atom. The van der Waals surface area contributed by atoms with Crippen molar-refractivity contribution in [2.24, 2.45) is 0 Å². The summed E-state index contributed by atoms with van der Waals surface area (Å²) in [6.45, 7) is 3.79. The number of pyridine rings is 1. The number of aromatic nitrogens is 3. The van der Waals surface area contributed by atoms with Crippen molar-refractivity contribution in [3.8, 4) is 6.07 Å². The van der Waals surface area contributed by atoms with Crippen LogP contribution < -0.4 is 10.5 Å². The molecule has 1 unspecified atom stereocenters. The zero-order valence-electron chi connectivity index (χ0n) is 16.4. The Hall–Kier alpha value is -2.91. The Morgan fingerprint density at radius 3 is 2.64 bits per heavy atom. The van der Waals surface area contributed by atoms with Crippen molar-refractivity contribution < 1.29 is 0 Å². The fourth-order valence-electron chi connectivity index (χ4n) is 3.13. The van der Waals surface area contributed by atoms with E-state index in [9.17, 15) is 10.1 Å². The van der Waals surface area contributed by atoms with Crippen LogP contribution in [0.25, 0.3) is 10.9 Å². The molecule has 28 heavy (non-hydrogen) atoms. The molecule has 144 valence electrons. The van der Waals surface area contributed by atoms with Crippen molar-refractivity contribution in [2.75, 3.05) is 19.0 Å². The Bertz CT molecular complexity index is 1130. The summed E-state index contributed by atoms with van der Waals surface area (Å²) in [5, 5.41) is 11.2. The third-order valence-electron chi connectivity index (χ3n) is 4.89. The molecule has 0 saturated carbocycles. The molecule has 0 radical (unpaired) electrons. The average molecular weight is 396 g/mol. The minimum Gasteiger partial charge on any atom is -0.363 e. The van der Waals surface area contributed by atoms with Crippen LogP contribution in [0.4, 0.5) is 5.82 Å². The van der Waals surface area contributed by atoms with Crippen LogP contribution in [0.1, 0.15) is 30.8 Å². The number of benzene rings is 1. The number of nitrogens with one attached hydrogen (secondary N) is 1. The first kappa shape index (κ1) is 19.8. The number of hydrogen-bond donors (Lipinski definition) is 1. The minimum absolute atomic E-state index is 0.0976. The molecule has 2 aromatic heterocycles. The summed E-state index contributed by atoms with van der Waals surface area (Å²) in [5.74, 6) is 1.18. The van der Waals surface area contributed by atoms with Gasteiger partial charge in [-0.1, -0.05) is 30.7 Å². The van der Waals surface area contributed by atoms with E-state index in [-0.39, 0.29) is 5.56 Å². The van der Waals surface area contributed by atoms with Crippen molar-refractivity contribution >= 4 is 28.3 Å². The molecule has 0 fully saturated rings. The quantitative estimate of drug-likeness (QED) is 0.667. The van der Waals surface area contributed by atoms with E-state index >= 15 is 0 Å². The second-order valence-electron chi connectivity index (χ2n) is 7.26. The molecule has 0 aliphatic rings. The van der Waals surface area contributed by atoms with Gasteiger partial charge >= 0.3 is 0 Å². The second kappa shape index (κ2) is 7.61. The van der Waals surface area contributed by atoms with Crippen molar-refractivity contribution in [1.29, 1.82) is 5.26 Å². The first-order chi connectivity index (χ1) is 13.3. The highest BCUT2D eigenvalue weighted by molar-refractivity contribution is 6.29. The highest BCUT2D eigenvalue weighted by Gasteiger charge is 2.29. The molecule has 0 aliphatic carbocycles. The van der Waals surface area contributed by atoms with Crippen LogP contribution in [-0.4, -0.2) is 29.0 Å². The zero-order valence-corrected chi connectivity index (χ0v) is 17.1. The Morgan fingerprint density at radius 1 is 1.25 bits per heavy atom. The van der Waals surface area contributed by atoms with Crippen LogP contribution in [-0.2, 0) is 18.3 Å². The summed E-state index contributed by atoms with van der Waals surface area (Å²) >= 11 is 6.14. The van der Waals surface area contributed by atoms with Gasteiger partial charge in [-0.25, -0.2) is 9.97 Å². The number of nitriles is 1. The lowest BCUT2D eigenvalue weighted by atomic mass is 9.80. The maximum Gasteiger partial charge on any atom is 0.251 e. The summed E-state index contributed by atoms with van der Waals surface area (Å²) in [4.78, 5) is 25.7. The third-order valence-corrected chi connectivity index (χ3v) is 5.08. The average Bonchev–Trinajstić information content (AvgIpc) is 2.66. The van der Waals surface area contributed by atoms with Gasteiger partial charge in [-0.2, -0.15) is 5.26 Å². The van der Waals surface area contributed by atoms with E-state index in [1.54, 1.807) is 6.07 Å². The SMILES string of the molecule is CCc1cc2ccc(C(C)(C#N)Cc3nc(Cl)cc(N(C)C)n3)cc2[nH]c1=O. The van der Waals surface area contributed by atoms with Gasteiger partial charge in [-0.05, 0) is 36.4 Å². The van der Waals surface area contributed by atoms with Gasteiger partial charge in [0.25, 0.3) is 5.56 Å².